The van der Waals surface area contributed by atoms with Crippen molar-refractivity contribution in [3.8, 4) is 0 Å². The van der Waals surface area contributed by atoms with Crippen LogP contribution in [-0.2, 0) is 11.3 Å². The van der Waals surface area contributed by atoms with Crippen LogP contribution in [0.3, 0.4) is 0 Å². The molecule has 1 fully saturated rings. The molecule has 10 heteroatoms. The van der Waals surface area contributed by atoms with Gasteiger partial charge in [0, 0.05) is 25.3 Å². The highest BCUT2D eigenvalue weighted by atomic mass is 32.1. The molecule has 0 radical (unpaired) electrons. The lowest BCUT2D eigenvalue weighted by molar-refractivity contribution is -0.126. The van der Waals surface area contributed by atoms with Crippen LogP contribution in [-0.4, -0.2) is 45.9 Å². The number of hydrogen-bond acceptors (Lipinski definition) is 6. The first-order valence-electron chi connectivity index (χ1n) is 10.9. The van der Waals surface area contributed by atoms with Gasteiger partial charge in [0.15, 0.2) is 0 Å². The topological polar surface area (TPSA) is 104 Å². The average molecular weight is 482 g/mol. The lowest BCUT2D eigenvalue weighted by Crippen LogP contribution is -2.45. The Morgan fingerprint density at radius 3 is 2.50 bits per heavy atom. The van der Waals surface area contributed by atoms with Crippen molar-refractivity contribution < 1.29 is 18.8 Å². The van der Waals surface area contributed by atoms with E-state index in [1.807, 2.05) is 31.2 Å². The van der Waals surface area contributed by atoms with Gasteiger partial charge in [-0.05, 0) is 49.6 Å². The molecular weight excluding hydrogens is 457 g/mol. The number of likely N-dealkylation sites (tertiary alicyclic amines) is 1. The standard InChI is InChI=1S/C24H24FN5O3S/c1-15-4-6-16(7-5-15)13-26-20(31)17-3-2-12-30(14-17)24(33)23-29-28-22(34-23)21(32)27-19-10-8-18(25)9-11-19/h4-11,17H,2-3,12-14H2,1H3,(H,26,31)(H,27,32)/t17-/m1/s1. The molecule has 1 saturated heterocycles. The van der Waals surface area contributed by atoms with Gasteiger partial charge in [0.25, 0.3) is 11.8 Å². The second-order valence-corrected chi connectivity index (χ2v) is 9.14. The smallest absolute Gasteiger partial charge is 0.286 e. The van der Waals surface area contributed by atoms with Crippen LogP contribution < -0.4 is 10.6 Å². The Hall–Kier alpha value is -3.66. The molecule has 0 spiro atoms. The molecule has 176 valence electrons. The summed E-state index contributed by atoms with van der Waals surface area (Å²) in [5, 5.41) is 13.4. The van der Waals surface area contributed by atoms with Crippen LogP contribution in [0.1, 0.15) is 43.6 Å². The van der Waals surface area contributed by atoms with Crippen molar-refractivity contribution in [3.63, 3.8) is 0 Å². The number of rotatable bonds is 6. The van der Waals surface area contributed by atoms with Gasteiger partial charge in [0.05, 0.1) is 5.92 Å². The first-order chi connectivity index (χ1) is 16.4. The van der Waals surface area contributed by atoms with E-state index in [2.05, 4.69) is 20.8 Å². The maximum absolute atomic E-state index is 13.0. The molecule has 1 aromatic heterocycles. The van der Waals surface area contributed by atoms with E-state index < -0.39 is 11.7 Å². The summed E-state index contributed by atoms with van der Waals surface area (Å²) in [6.07, 6.45) is 1.40. The van der Waals surface area contributed by atoms with Crippen LogP contribution in [0.15, 0.2) is 48.5 Å². The summed E-state index contributed by atoms with van der Waals surface area (Å²) >= 11 is 0.883. The predicted molar refractivity (Wildman–Crippen MR) is 126 cm³/mol. The number of anilines is 1. The largest absolute Gasteiger partial charge is 0.352 e. The fourth-order valence-electron chi connectivity index (χ4n) is 3.67. The number of nitrogens with one attached hydrogen (secondary N) is 2. The molecule has 0 unspecified atom stereocenters. The summed E-state index contributed by atoms with van der Waals surface area (Å²) in [6, 6.07) is 13.3. The maximum Gasteiger partial charge on any atom is 0.286 e. The van der Waals surface area contributed by atoms with E-state index in [1.54, 1.807) is 4.90 Å². The molecule has 1 atom stereocenters. The summed E-state index contributed by atoms with van der Waals surface area (Å²) in [7, 11) is 0. The number of hydrogen-bond donors (Lipinski definition) is 2. The zero-order valence-corrected chi connectivity index (χ0v) is 19.4. The SMILES string of the molecule is Cc1ccc(CNC(=O)[C@@H]2CCCN(C(=O)c3nnc(C(=O)Nc4ccc(F)cc4)s3)C2)cc1. The zero-order chi connectivity index (χ0) is 24.1. The van der Waals surface area contributed by atoms with Crippen LogP contribution >= 0.6 is 11.3 Å². The van der Waals surface area contributed by atoms with Crippen molar-refractivity contribution in [2.75, 3.05) is 18.4 Å². The van der Waals surface area contributed by atoms with Crippen molar-refractivity contribution in [3.05, 3.63) is 75.5 Å². The van der Waals surface area contributed by atoms with Crippen LogP contribution in [0.2, 0.25) is 0 Å². The molecule has 3 amide bonds. The summed E-state index contributed by atoms with van der Waals surface area (Å²) in [4.78, 5) is 39.6. The van der Waals surface area contributed by atoms with Crippen LogP contribution in [0.25, 0.3) is 0 Å². The first-order valence-corrected chi connectivity index (χ1v) is 11.7. The number of carbonyl (C=O) groups excluding carboxylic acids is 3. The number of aryl methyl sites for hydroxylation is 1. The highest BCUT2D eigenvalue weighted by molar-refractivity contribution is 7.15. The summed E-state index contributed by atoms with van der Waals surface area (Å²) in [6.45, 7) is 3.24. The van der Waals surface area contributed by atoms with Gasteiger partial charge in [-0.15, -0.1) is 10.2 Å². The number of piperidine rings is 1. The first kappa shape index (κ1) is 23.5. The molecule has 0 bridgehead atoms. The molecule has 1 aliphatic rings. The van der Waals surface area contributed by atoms with E-state index in [1.165, 1.54) is 24.3 Å². The zero-order valence-electron chi connectivity index (χ0n) is 18.6. The molecule has 3 aromatic rings. The maximum atomic E-state index is 13.0. The average Bonchev–Trinajstić information content (AvgIpc) is 3.35. The molecule has 2 aromatic carbocycles. The minimum Gasteiger partial charge on any atom is -0.352 e. The third-order valence-electron chi connectivity index (χ3n) is 5.57. The summed E-state index contributed by atoms with van der Waals surface area (Å²) in [5.74, 6) is -1.69. The number of benzene rings is 2. The Kier molecular flexibility index (Phi) is 7.27. The molecule has 4 rings (SSSR count). The van der Waals surface area contributed by atoms with Crippen molar-refractivity contribution in [2.24, 2.45) is 5.92 Å². The number of nitrogens with zero attached hydrogens (tertiary/aromatic N) is 3. The number of carbonyl (C=O) groups is 3. The van der Waals surface area contributed by atoms with Gasteiger partial charge in [-0.2, -0.15) is 0 Å². The minimum atomic E-state index is -0.532. The Bertz CT molecular complexity index is 1180. The Morgan fingerprint density at radius 1 is 1.06 bits per heavy atom. The third-order valence-corrected chi connectivity index (χ3v) is 6.48. The van der Waals surface area contributed by atoms with Gasteiger partial charge in [-0.25, -0.2) is 4.39 Å². The molecular formula is C24H24FN5O3S. The van der Waals surface area contributed by atoms with Crippen molar-refractivity contribution in [1.82, 2.24) is 20.4 Å². The van der Waals surface area contributed by atoms with Gasteiger partial charge in [0.1, 0.15) is 5.82 Å². The van der Waals surface area contributed by atoms with Gasteiger partial charge in [0.2, 0.25) is 15.9 Å². The lowest BCUT2D eigenvalue weighted by Gasteiger charge is -2.31. The highest BCUT2D eigenvalue weighted by Crippen LogP contribution is 2.21. The van der Waals surface area contributed by atoms with Crippen LogP contribution in [0, 0.1) is 18.7 Å². The molecule has 8 nitrogen and oxygen atoms in total. The Balaban J connectivity index is 1.33. The lowest BCUT2D eigenvalue weighted by atomic mass is 9.97. The van der Waals surface area contributed by atoms with Crippen LogP contribution in [0.5, 0.6) is 0 Å². The van der Waals surface area contributed by atoms with Gasteiger partial charge >= 0.3 is 0 Å². The highest BCUT2D eigenvalue weighted by Gasteiger charge is 2.30. The Labute approximate surface area is 200 Å². The van der Waals surface area contributed by atoms with Crippen molar-refractivity contribution in [2.45, 2.75) is 26.3 Å². The molecule has 2 N–H and O–H groups in total. The fourth-order valence-corrected chi connectivity index (χ4v) is 4.38. The number of halogens is 1. The van der Waals surface area contributed by atoms with E-state index in [-0.39, 0.29) is 34.3 Å². The van der Waals surface area contributed by atoms with Crippen molar-refractivity contribution >= 4 is 34.7 Å². The van der Waals surface area contributed by atoms with Crippen LogP contribution in [0.4, 0.5) is 10.1 Å². The number of aromatic nitrogens is 2. The molecule has 1 aliphatic heterocycles. The summed E-state index contributed by atoms with van der Waals surface area (Å²) < 4.78 is 13.0. The van der Waals surface area contributed by atoms with Gasteiger partial charge < -0.3 is 15.5 Å². The third kappa shape index (κ3) is 5.82. The quantitative estimate of drug-likeness (QED) is 0.562. The molecule has 2 heterocycles. The number of amides is 3. The molecule has 34 heavy (non-hydrogen) atoms. The minimum absolute atomic E-state index is 0.0251. The Morgan fingerprint density at radius 2 is 1.76 bits per heavy atom. The van der Waals surface area contributed by atoms with E-state index in [0.717, 1.165) is 22.5 Å². The second kappa shape index (κ2) is 10.5. The van der Waals surface area contributed by atoms with Gasteiger partial charge in [-0.1, -0.05) is 41.2 Å². The predicted octanol–water partition coefficient (Wildman–Crippen LogP) is 3.41. The van der Waals surface area contributed by atoms with E-state index in [4.69, 9.17) is 0 Å². The normalized spacial score (nSPS) is 15.6. The van der Waals surface area contributed by atoms with Gasteiger partial charge in [-0.3, -0.25) is 14.4 Å². The molecule has 0 saturated carbocycles. The van der Waals surface area contributed by atoms with E-state index in [9.17, 15) is 18.8 Å². The molecule has 0 aliphatic carbocycles. The van der Waals surface area contributed by atoms with Crippen molar-refractivity contribution in [1.29, 1.82) is 0 Å². The monoisotopic (exact) mass is 481 g/mol. The van der Waals surface area contributed by atoms with E-state index >= 15 is 0 Å². The van der Waals surface area contributed by atoms with E-state index in [0.29, 0.717) is 31.6 Å². The second-order valence-electron chi connectivity index (χ2n) is 8.17. The fraction of sp³-hybridized carbons (Fsp3) is 0.292. The summed E-state index contributed by atoms with van der Waals surface area (Å²) in [5.41, 5.74) is 2.58.